The third kappa shape index (κ3) is 4.96. The van der Waals surface area contributed by atoms with E-state index in [0.29, 0.717) is 6.04 Å². The molecule has 0 aromatic carbocycles. The Bertz CT molecular complexity index is 222. The van der Waals surface area contributed by atoms with Crippen LogP contribution in [0.5, 0.6) is 0 Å². The lowest BCUT2D eigenvalue weighted by molar-refractivity contribution is 0.185. The first-order valence-corrected chi connectivity index (χ1v) is 6.43. The molecular weight excluding hydrogens is 198 g/mol. The maximum Gasteiger partial charge on any atom is 0.105 e. The zero-order valence-electron chi connectivity index (χ0n) is 11.5. The topological polar surface area (TPSA) is 39.1 Å². The molecule has 0 aliphatic carbocycles. The quantitative estimate of drug-likeness (QED) is 0.689. The van der Waals surface area contributed by atoms with E-state index in [1.807, 2.05) is 13.8 Å². The van der Waals surface area contributed by atoms with Crippen LogP contribution in [0.4, 0.5) is 0 Å². The SMILES string of the molecule is CCCN(CC)C(C)CC(C)(C#N)NCC. The van der Waals surface area contributed by atoms with E-state index in [1.54, 1.807) is 0 Å². The van der Waals surface area contributed by atoms with Crippen LogP contribution in [0.1, 0.15) is 47.5 Å². The van der Waals surface area contributed by atoms with Crippen LogP contribution < -0.4 is 5.32 Å². The van der Waals surface area contributed by atoms with Crippen LogP contribution in [0.25, 0.3) is 0 Å². The van der Waals surface area contributed by atoms with Crippen LogP contribution in [0.2, 0.25) is 0 Å². The Morgan fingerprint density at radius 2 is 2.00 bits per heavy atom. The Kier molecular flexibility index (Phi) is 7.36. The fourth-order valence-electron chi connectivity index (χ4n) is 2.24. The highest BCUT2D eigenvalue weighted by atomic mass is 15.1. The second kappa shape index (κ2) is 7.65. The van der Waals surface area contributed by atoms with E-state index >= 15 is 0 Å². The molecule has 0 aromatic rings. The molecule has 0 saturated heterocycles. The predicted molar refractivity (Wildman–Crippen MR) is 69.3 cm³/mol. The average molecular weight is 225 g/mol. The maximum absolute atomic E-state index is 9.22. The van der Waals surface area contributed by atoms with Gasteiger partial charge in [-0.1, -0.05) is 20.8 Å². The van der Waals surface area contributed by atoms with Crippen molar-refractivity contribution in [3.05, 3.63) is 0 Å². The molecule has 1 N–H and O–H groups in total. The number of hydrogen-bond donors (Lipinski definition) is 1. The number of hydrogen-bond acceptors (Lipinski definition) is 3. The molecular formula is C13H27N3. The van der Waals surface area contributed by atoms with Crippen LogP contribution in [0.3, 0.4) is 0 Å². The summed E-state index contributed by atoms with van der Waals surface area (Å²) in [5, 5.41) is 12.5. The van der Waals surface area contributed by atoms with Gasteiger partial charge in [0, 0.05) is 6.04 Å². The summed E-state index contributed by atoms with van der Waals surface area (Å²) in [6.45, 7) is 13.7. The molecule has 3 heteroatoms. The summed E-state index contributed by atoms with van der Waals surface area (Å²) in [7, 11) is 0. The largest absolute Gasteiger partial charge is 0.301 e. The molecule has 0 heterocycles. The Labute approximate surface area is 101 Å². The van der Waals surface area contributed by atoms with Gasteiger partial charge in [-0.25, -0.2) is 0 Å². The van der Waals surface area contributed by atoms with E-state index in [-0.39, 0.29) is 0 Å². The Hall–Kier alpha value is -0.590. The van der Waals surface area contributed by atoms with Gasteiger partial charge in [0.15, 0.2) is 0 Å². The Morgan fingerprint density at radius 1 is 1.38 bits per heavy atom. The van der Waals surface area contributed by atoms with Crippen molar-refractivity contribution >= 4 is 0 Å². The molecule has 0 rings (SSSR count). The molecule has 16 heavy (non-hydrogen) atoms. The minimum absolute atomic E-state index is 0.394. The van der Waals surface area contributed by atoms with Gasteiger partial charge in [-0.2, -0.15) is 5.26 Å². The fourth-order valence-corrected chi connectivity index (χ4v) is 2.24. The van der Waals surface area contributed by atoms with Crippen LogP contribution in [0, 0.1) is 11.3 Å². The summed E-state index contributed by atoms with van der Waals surface area (Å²) in [4.78, 5) is 2.44. The molecule has 3 nitrogen and oxygen atoms in total. The number of nitriles is 1. The number of nitrogens with zero attached hydrogens (tertiary/aromatic N) is 2. The molecule has 0 radical (unpaired) electrons. The monoisotopic (exact) mass is 225 g/mol. The van der Waals surface area contributed by atoms with Crippen molar-refractivity contribution < 1.29 is 0 Å². The normalized spacial score (nSPS) is 16.8. The van der Waals surface area contributed by atoms with Crippen LogP contribution in [0.15, 0.2) is 0 Å². The highest BCUT2D eigenvalue weighted by molar-refractivity contribution is 5.05. The van der Waals surface area contributed by atoms with Crippen molar-refractivity contribution in [3.8, 4) is 6.07 Å². The van der Waals surface area contributed by atoms with E-state index in [4.69, 9.17) is 0 Å². The van der Waals surface area contributed by atoms with Crippen molar-refractivity contribution in [2.45, 2.75) is 59.0 Å². The number of rotatable bonds is 8. The van der Waals surface area contributed by atoms with E-state index in [9.17, 15) is 5.26 Å². The maximum atomic E-state index is 9.22. The van der Waals surface area contributed by atoms with Gasteiger partial charge in [-0.05, 0) is 46.3 Å². The lowest BCUT2D eigenvalue weighted by Crippen LogP contribution is -2.47. The van der Waals surface area contributed by atoms with Gasteiger partial charge in [0.25, 0.3) is 0 Å². The zero-order valence-corrected chi connectivity index (χ0v) is 11.5. The summed E-state index contributed by atoms with van der Waals surface area (Å²) in [6, 6.07) is 2.85. The lowest BCUT2D eigenvalue weighted by atomic mass is 9.94. The van der Waals surface area contributed by atoms with Crippen molar-refractivity contribution in [1.29, 1.82) is 5.26 Å². The van der Waals surface area contributed by atoms with Crippen LogP contribution in [-0.4, -0.2) is 36.1 Å². The highest BCUT2D eigenvalue weighted by Gasteiger charge is 2.27. The van der Waals surface area contributed by atoms with Gasteiger partial charge in [-0.15, -0.1) is 0 Å². The molecule has 0 aromatic heterocycles. The summed E-state index contributed by atoms with van der Waals surface area (Å²) in [5.41, 5.74) is -0.394. The molecule has 0 amide bonds. The van der Waals surface area contributed by atoms with Crippen molar-refractivity contribution in [2.24, 2.45) is 0 Å². The lowest BCUT2D eigenvalue weighted by Gasteiger charge is -2.33. The van der Waals surface area contributed by atoms with Gasteiger partial charge in [0.2, 0.25) is 0 Å². The third-order valence-corrected chi connectivity index (χ3v) is 3.06. The second-order valence-corrected chi connectivity index (χ2v) is 4.66. The first-order valence-electron chi connectivity index (χ1n) is 6.43. The predicted octanol–water partition coefficient (Wildman–Crippen LogP) is 2.39. The standard InChI is InChI=1S/C13H27N3/c1-6-9-16(8-3)12(4)10-13(5,11-14)15-7-2/h12,15H,6-10H2,1-5H3. The minimum atomic E-state index is -0.394. The smallest absolute Gasteiger partial charge is 0.105 e. The first kappa shape index (κ1) is 15.4. The summed E-state index contributed by atoms with van der Waals surface area (Å²) in [5.74, 6) is 0. The number of nitrogens with one attached hydrogen (secondary N) is 1. The van der Waals surface area contributed by atoms with Gasteiger partial charge >= 0.3 is 0 Å². The molecule has 0 aliphatic rings. The molecule has 2 atom stereocenters. The van der Waals surface area contributed by atoms with Crippen molar-refractivity contribution in [3.63, 3.8) is 0 Å². The first-order chi connectivity index (χ1) is 7.52. The third-order valence-electron chi connectivity index (χ3n) is 3.06. The van der Waals surface area contributed by atoms with Crippen molar-refractivity contribution in [2.75, 3.05) is 19.6 Å². The molecule has 2 unspecified atom stereocenters. The van der Waals surface area contributed by atoms with E-state index in [2.05, 4.69) is 37.1 Å². The van der Waals surface area contributed by atoms with E-state index < -0.39 is 5.54 Å². The van der Waals surface area contributed by atoms with E-state index in [1.165, 1.54) is 6.42 Å². The Balaban J connectivity index is 4.38. The molecule has 0 fully saturated rings. The molecule has 0 saturated carbocycles. The van der Waals surface area contributed by atoms with Gasteiger partial charge < -0.3 is 4.90 Å². The van der Waals surface area contributed by atoms with E-state index in [0.717, 1.165) is 26.1 Å². The molecule has 0 aliphatic heterocycles. The van der Waals surface area contributed by atoms with Crippen LogP contribution in [-0.2, 0) is 0 Å². The minimum Gasteiger partial charge on any atom is -0.301 e. The molecule has 0 spiro atoms. The second-order valence-electron chi connectivity index (χ2n) is 4.66. The van der Waals surface area contributed by atoms with Crippen LogP contribution >= 0.6 is 0 Å². The van der Waals surface area contributed by atoms with Gasteiger partial charge in [-0.3, -0.25) is 5.32 Å². The van der Waals surface area contributed by atoms with Gasteiger partial charge in [0.05, 0.1) is 6.07 Å². The highest BCUT2D eigenvalue weighted by Crippen LogP contribution is 2.15. The summed E-state index contributed by atoms with van der Waals surface area (Å²) < 4.78 is 0. The molecule has 94 valence electrons. The van der Waals surface area contributed by atoms with Gasteiger partial charge in [0.1, 0.15) is 5.54 Å². The fraction of sp³-hybridized carbons (Fsp3) is 0.923. The Morgan fingerprint density at radius 3 is 2.38 bits per heavy atom. The summed E-state index contributed by atoms with van der Waals surface area (Å²) >= 11 is 0. The molecule has 0 bridgehead atoms. The summed E-state index contributed by atoms with van der Waals surface area (Å²) in [6.07, 6.45) is 2.05. The average Bonchev–Trinajstić information content (AvgIpc) is 2.25. The van der Waals surface area contributed by atoms with Crippen molar-refractivity contribution in [1.82, 2.24) is 10.2 Å². The zero-order chi connectivity index (χ0) is 12.6.